The molecule has 1 saturated carbocycles. The number of hydrogen-bond donors (Lipinski definition) is 2. The van der Waals surface area contributed by atoms with Gasteiger partial charge in [-0.3, -0.25) is 9.78 Å². The van der Waals surface area contributed by atoms with Crippen LogP contribution in [0.5, 0.6) is 0 Å². The minimum Gasteiger partial charge on any atom is -0.330 e. The first-order chi connectivity index (χ1) is 8.69. The molecule has 0 aromatic carbocycles. The van der Waals surface area contributed by atoms with Crippen molar-refractivity contribution in [3.05, 3.63) is 24.0 Å². The molecule has 0 atom stereocenters. The predicted molar refractivity (Wildman–Crippen MR) is 72.1 cm³/mol. The smallest absolute Gasteiger partial charge is 0.227 e. The maximum Gasteiger partial charge on any atom is 0.227 e. The summed E-state index contributed by atoms with van der Waals surface area (Å²) in [4.78, 5) is 16.2. The molecule has 0 bridgehead atoms. The Morgan fingerprint density at radius 3 is 2.78 bits per heavy atom. The second kappa shape index (κ2) is 5.96. The lowest BCUT2D eigenvalue weighted by Gasteiger charge is -2.26. The topological polar surface area (TPSA) is 68.0 Å². The summed E-state index contributed by atoms with van der Waals surface area (Å²) in [5.41, 5.74) is 7.41. The largest absolute Gasteiger partial charge is 0.330 e. The number of nitrogens with one attached hydrogen (secondary N) is 1. The molecule has 1 aromatic rings. The zero-order valence-electron chi connectivity index (χ0n) is 10.9. The van der Waals surface area contributed by atoms with Crippen LogP contribution in [0.25, 0.3) is 0 Å². The molecule has 18 heavy (non-hydrogen) atoms. The van der Waals surface area contributed by atoms with Crippen molar-refractivity contribution in [2.75, 3.05) is 11.9 Å². The summed E-state index contributed by atoms with van der Waals surface area (Å²) in [6.45, 7) is 2.67. The molecule has 0 spiro atoms. The predicted octanol–water partition coefficient (Wildman–Crippen LogP) is 2.09. The van der Waals surface area contributed by atoms with Crippen molar-refractivity contribution < 1.29 is 4.79 Å². The average molecular weight is 247 g/mol. The number of anilines is 1. The van der Waals surface area contributed by atoms with Gasteiger partial charge >= 0.3 is 0 Å². The maximum atomic E-state index is 12.1. The maximum absolute atomic E-state index is 12.1. The second-order valence-corrected chi connectivity index (χ2v) is 5.13. The van der Waals surface area contributed by atoms with E-state index in [9.17, 15) is 4.79 Å². The van der Waals surface area contributed by atoms with Gasteiger partial charge in [0.1, 0.15) is 0 Å². The Balaban J connectivity index is 1.89. The number of amides is 1. The van der Waals surface area contributed by atoms with E-state index in [0.717, 1.165) is 43.6 Å². The van der Waals surface area contributed by atoms with Crippen LogP contribution in [0.1, 0.15) is 31.4 Å². The van der Waals surface area contributed by atoms with Crippen LogP contribution in [-0.2, 0) is 4.79 Å². The van der Waals surface area contributed by atoms with Gasteiger partial charge in [0, 0.05) is 23.5 Å². The van der Waals surface area contributed by atoms with Crippen molar-refractivity contribution in [2.45, 2.75) is 32.6 Å². The van der Waals surface area contributed by atoms with E-state index in [2.05, 4.69) is 10.3 Å². The van der Waals surface area contributed by atoms with E-state index < -0.39 is 0 Å². The van der Waals surface area contributed by atoms with Gasteiger partial charge in [0.15, 0.2) is 0 Å². The third-order valence-corrected chi connectivity index (χ3v) is 3.72. The van der Waals surface area contributed by atoms with Crippen molar-refractivity contribution in [2.24, 2.45) is 17.6 Å². The van der Waals surface area contributed by atoms with E-state index >= 15 is 0 Å². The SMILES string of the molecule is Cc1cc(NC(=O)[C@H]2CC[C@H](CN)CC2)ccn1. The third-order valence-electron chi connectivity index (χ3n) is 3.72. The van der Waals surface area contributed by atoms with E-state index in [0.29, 0.717) is 5.92 Å². The molecule has 1 aliphatic rings. The fourth-order valence-electron chi connectivity index (χ4n) is 2.53. The average Bonchev–Trinajstić information content (AvgIpc) is 2.39. The van der Waals surface area contributed by atoms with E-state index in [1.165, 1.54) is 0 Å². The van der Waals surface area contributed by atoms with Gasteiger partial charge in [-0.15, -0.1) is 0 Å². The Morgan fingerprint density at radius 2 is 2.17 bits per heavy atom. The van der Waals surface area contributed by atoms with Gasteiger partial charge in [-0.1, -0.05) is 0 Å². The molecule has 4 nitrogen and oxygen atoms in total. The molecule has 1 aliphatic carbocycles. The minimum absolute atomic E-state index is 0.135. The first-order valence-electron chi connectivity index (χ1n) is 6.62. The molecular formula is C14H21N3O. The molecule has 0 aliphatic heterocycles. The number of carbonyl (C=O) groups excluding carboxylic acids is 1. The molecule has 1 amide bonds. The van der Waals surface area contributed by atoms with Gasteiger partial charge in [0.25, 0.3) is 0 Å². The van der Waals surface area contributed by atoms with Gasteiger partial charge in [-0.2, -0.15) is 0 Å². The molecular weight excluding hydrogens is 226 g/mol. The Bertz CT molecular complexity index is 411. The first kappa shape index (κ1) is 13.0. The zero-order valence-corrected chi connectivity index (χ0v) is 10.9. The van der Waals surface area contributed by atoms with Gasteiger partial charge in [-0.05, 0) is 57.2 Å². The van der Waals surface area contributed by atoms with Crippen LogP contribution in [0.4, 0.5) is 5.69 Å². The zero-order chi connectivity index (χ0) is 13.0. The van der Waals surface area contributed by atoms with Crippen LogP contribution in [0.15, 0.2) is 18.3 Å². The lowest BCUT2D eigenvalue weighted by atomic mass is 9.81. The van der Waals surface area contributed by atoms with Gasteiger partial charge < -0.3 is 11.1 Å². The Morgan fingerprint density at radius 1 is 1.44 bits per heavy atom. The number of rotatable bonds is 3. The minimum atomic E-state index is 0.135. The highest BCUT2D eigenvalue weighted by Gasteiger charge is 2.25. The number of carbonyl (C=O) groups is 1. The first-order valence-corrected chi connectivity index (χ1v) is 6.62. The summed E-state index contributed by atoms with van der Waals surface area (Å²) in [6, 6.07) is 3.72. The van der Waals surface area contributed by atoms with Crippen LogP contribution >= 0.6 is 0 Å². The number of aryl methyl sites for hydroxylation is 1. The summed E-state index contributed by atoms with van der Waals surface area (Å²) in [5, 5.41) is 2.98. The Kier molecular flexibility index (Phi) is 4.31. The van der Waals surface area contributed by atoms with E-state index in [-0.39, 0.29) is 11.8 Å². The fraction of sp³-hybridized carbons (Fsp3) is 0.571. The highest BCUT2D eigenvalue weighted by molar-refractivity contribution is 5.92. The normalized spacial score (nSPS) is 23.7. The molecule has 3 N–H and O–H groups in total. The van der Waals surface area contributed by atoms with Crippen LogP contribution in [0.2, 0.25) is 0 Å². The molecule has 0 saturated heterocycles. The van der Waals surface area contributed by atoms with Crippen molar-refractivity contribution in [3.8, 4) is 0 Å². The van der Waals surface area contributed by atoms with Gasteiger partial charge in [-0.25, -0.2) is 0 Å². The summed E-state index contributed by atoms with van der Waals surface area (Å²) < 4.78 is 0. The number of pyridine rings is 1. The molecule has 1 aromatic heterocycles. The molecule has 1 fully saturated rings. The van der Waals surface area contributed by atoms with Crippen molar-refractivity contribution in [3.63, 3.8) is 0 Å². The van der Waals surface area contributed by atoms with E-state index in [1.54, 1.807) is 6.20 Å². The quantitative estimate of drug-likeness (QED) is 0.859. The summed E-state index contributed by atoms with van der Waals surface area (Å²) in [5.74, 6) is 0.884. The van der Waals surface area contributed by atoms with E-state index in [1.807, 2.05) is 19.1 Å². The summed E-state index contributed by atoms with van der Waals surface area (Å²) >= 11 is 0. The number of aromatic nitrogens is 1. The molecule has 1 heterocycles. The second-order valence-electron chi connectivity index (χ2n) is 5.13. The van der Waals surface area contributed by atoms with Crippen LogP contribution in [-0.4, -0.2) is 17.4 Å². The lowest BCUT2D eigenvalue weighted by Crippen LogP contribution is -2.29. The molecule has 0 unspecified atom stereocenters. The molecule has 4 heteroatoms. The lowest BCUT2D eigenvalue weighted by molar-refractivity contribution is -0.121. The van der Waals surface area contributed by atoms with Crippen LogP contribution < -0.4 is 11.1 Å². The Labute approximate surface area is 108 Å². The number of nitrogens with zero attached hydrogens (tertiary/aromatic N) is 1. The third kappa shape index (κ3) is 3.29. The summed E-state index contributed by atoms with van der Waals surface area (Å²) in [7, 11) is 0. The molecule has 2 rings (SSSR count). The molecule has 98 valence electrons. The highest BCUT2D eigenvalue weighted by Crippen LogP contribution is 2.28. The summed E-state index contributed by atoms with van der Waals surface area (Å²) in [6.07, 6.45) is 5.78. The standard InChI is InChI=1S/C14H21N3O/c1-10-8-13(6-7-16-10)17-14(18)12-4-2-11(9-15)3-5-12/h6-8,11-12H,2-5,9,15H2,1H3,(H,16,17,18)/t11-,12-. The monoisotopic (exact) mass is 247 g/mol. The molecule has 0 radical (unpaired) electrons. The van der Waals surface area contributed by atoms with Crippen molar-refractivity contribution in [1.29, 1.82) is 0 Å². The van der Waals surface area contributed by atoms with E-state index in [4.69, 9.17) is 5.73 Å². The van der Waals surface area contributed by atoms with Gasteiger partial charge in [0.2, 0.25) is 5.91 Å². The Hall–Kier alpha value is -1.42. The highest BCUT2D eigenvalue weighted by atomic mass is 16.1. The fourth-order valence-corrected chi connectivity index (χ4v) is 2.53. The van der Waals surface area contributed by atoms with Crippen molar-refractivity contribution in [1.82, 2.24) is 4.98 Å². The van der Waals surface area contributed by atoms with Crippen LogP contribution in [0, 0.1) is 18.8 Å². The van der Waals surface area contributed by atoms with Crippen molar-refractivity contribution >= 4 is 11.6 Å². The van der Waals surface area contributed by atoms with Gasteiger partial charge in [0.05, 0.1) is 0 Å². The number of hydrogen-bond acceptors (Lipinski definition) is 3. The number of nitrogens with two attached hydrogens (primary N) is 1. The van der Waals surface area contributed by atoms with Crippen LogP contribution in [0.3, 0.4) is 0 Å².